The highest BCUT2D eigenvalue weighted by Gasteiger charge is 2.12. The van der Waals surface area contributed by atoms with Gasteiger partial charge in [0.15, 0.2) is 11.5 Å². The maximum Gasteiger partial charge on any atom is 0.163 e. The summed E-state index contributed by atoms with van der Waals surface area (Å²) in [6.07, 6.45) is 0. The molecule has 7 heteroatoms. The van der Waals surface area contributed by atoms with Crippen molar-refractivity contribution in [2.45, 2.75) is 13.5 Å². The van der Waals surface area contributed by atoms with Crippen molar-refractivity contribution in [3.8, 4) is 11.5 Å². The molecule has 2 heterocycles. The third-order valence-corrected chi connectivity index (χ3v) is 4.07. The van der Waals surface area contributed by atoms with Crippen LogP contribution in [0.1, 0.15) is 11.4 Å². The molecule has 0 fully saturated rings. The number of ether oxygens (including phenoxy) is 2. The van der Waals surface area contributed by atoms with Gasteiger partial charge in [-0.3, -0.25) is 0 Å². The Bertz CT molecular complexity index is 964. The molecule has 0 atom stereocenters. The highest BCUT2D eigenvalue weighted by molar-refractivity contribution is 5.63. The second kappa shape index (κ2) is 7.49. The van der Waals surface area contributed by atoms with Crippen LogP contribution in [-0.2, 0) is 6.54 Å². The number of benzene rings is 2. The molecule has 138 valence electrons. The monoisotopic (exact) mass is 366 g/mol. The van der Waals surface area contributed by atoms with Crippen LogP contribution in [0.2, 0.25) is 0 Å². The molecule has 2 aromatic carbocycles. The second-order valence-corrected chi connectivity index (χ2v) is 6.11. The van der Waals surface area contributed by atoms with Gasteiger partial charge in [-0.15, -0.1) is 0 Å². The van der Waals surface area contributed by atoms with Crippen molar-refractivity contribution in [2.75, 3.05) is 23.8 Å². The number of hydrogen-bond donors (Lipinski definition) is 2. The van der Waals surface area contributed by atoms with Crippen LogP contribution >= 0.6 is 0 Å². The third kappa shape index (κ3) is 4.08. The lowest BCUT2D eigenvalue weighted by Gasteiger charge is -2.19. The zero-order chi connectivity index (χ0) is 18.6. The maximum atomic E-state index is 13.8. The van der Waals surface area contributed by atoms with Gasteiger partial charge in [0.25, 0.3) is 0 Å². The van der Waals surface area contributed by atoms with Crippen LogP contribution in [0.15, 0.2) is 48.5 Å². The van der Waals surface area contributed by atoms with E-state index >= 15 is 0 Å². The first-order chi connectivity index (χ1) is 13.2. The second-order valence-electron chi connectivity index (χ2n) is 6.11. The van der Waals surface area contributed by atoms with Crippen molar-refractivity contribution < 1.29 is 13.9 Å². The largest absolute Gasteiger partial charge is 0.486 e. The van der Waals surface area contributed by atoms with E-state index in [9.17, 15) is 4.39 Å². The molecule has 2 N–H and O–H groups in total. The Hall–Kier alpha value is -3.35. The Labute approximate surface area is 156 Å². The average molecular weight is 366 g/mol. The summed E-state index contributed by atoms with van der Waals surface area (Å²) in [7, 11) is 0. The summed E-state index contributed by atoms with van der Waals surface area (Å²) in [5, 5.41) is 6.39. The van der Waals surface area contributed by atoms with Crippen LogP contribution < -0.4 is 20.1 Å². The van der Waals surface area contributed by atoms with Gasteiger partial charge in [0.2, 0.25) is 0 Å². The van der Waals surface area contributed by atoms with Crippen LogP contribution in [0, 0.1) is 12.7 Å². The fraction of sp³-hybridized carbons (Fsp3) is 0.200. The van der Waals surface area contributed by atoms with E-state index in [4.69, 9.17) is 9.47 Å². The highest BCUT2D eigenvalue weighted by atomic mass is 19.1. The number of aryl methyl sites for hydroxylation is 1. The Morgan fingerprint density at radius 2 is 1.74 bits per heavy atom. The first-order valence-electron chi connectivity index (χ1n) is 8.67. The minimum Gasteiger partial charge on any atom is -0.486 e. The van der Waals surface area contributed by atoms with Crippen molar-refractivity contribution >= 4 is 17.3 Å². The molecule has 4 rings (SSSR count). The van der Waals surface area contributed by atoms with Crippen molar-refractivity contribution in [2.24, 2.45) is 0 Å². The van der Waals surface area contributed by atoms with Crippen LogP contribution in [0.3, 0.4) is 0 Å². The van der Waals surface area contributed by atoms with Gasteiger partial charge in [-0.2, -0.15) is 0 Å². The number of anilines is 3. The molecule has 27 heavy (non-hydrogen) atoms. The molecule has 6 nitrogen and oxygen atoms in total. The molecule has 3 aromatic rings. The molecule has 0 spiro atoms. The van der Waals surface area contributed by atoms with Crippen LogP contribution in [0.25, 0.3) is 0 Å². The molecule has 0 unspecified atom stereocenters. The smallest absolute Gasteiger partial charge is 0.163 e. The molecule has 0 saturated carbocycles. The number of aromatic nitrogens is 2. The highest BCUT2D eigenvalue weighted by Crippen LogP contribution is 2.33. The minimum atomic E-state index is -0.245. The predicted octanol–water partition coefficient (Wildman–Crippen LogP) is 4.05. The topological polar surface area (TPSA) is 68.3 Å². The standard InChI is InChI=1S/C20H19FN4O2/c1-13-23-19(22-12-14-4-2-3-5-16(14)21)11-20(24-13)25-15-6-7-17-18(10-15)27-9-8-26-17/h2-7,10-11H,8-9,12H2,1H3,(H2,22,23,24,25). The molecule has 0 amide bonds. The van der Waals surface area contributed by atoms with E-state index < -0.39 is 0 Å². The predicted molar refractivity (Wildman–Crippen MR) is 101 cm³/mol. The van der Waals surface area contributed by atoms with Gasteiger partial charge in [0.05, 0.1) is 0 Å². The first-order valence-corrected chi connectivity index (χ1v) is 8.67. The Morgan fingerprint density at radius 3 is 2.59 bits per heavy atom. The summed E-state index contributed by atoms with van der Waals surface area (Å²) in [6, 6.07) is 14.1. The molecular formula is C20H19FN4O2. The van der Waals surface area contributed by atoms with Gasteiger partial charge in [0.1, 0.15) is 36.5 Å². The van der Waals surface area contributed by atoms with Crippen molar-refractivity contribution in [3.63, 3.8) is 0 Å². The number of hydrogen-bond acceptors (Lipinski definition) is 6. The Balaban J connectivity index is 1.50. The molecule has 1 aromatic heterocycles. The molecular weight excluding hydrogens is 347 g/mol. The van der Waals surface area contributed by atoms with E-state index in [1.165, 1.54) is 6.07 Å². The molecule has 0 radical (unpaired) electrons. The van der Waals surface area contributed by atoms with Crippen LogP contribution in [0.4, 0.5) is 21.7 Å². The fourth-order valence-electron chi connectivity index (χ4n) is 2.82. The van der Waals surface area contributed by atoms with Gasteiger partial charge in [-0.05, 0) is 25.1 Å². The van der Waals surface area contributed by atoms with Gasteiger partial charge < -0.3 is 20.1 Å². The van der Waals surface area contributed by atoms with Crippen molar-refractivity contribution in [1.82, 2.24) is 9.97 Å². The van der Waals surface area contributed by atoms with E-state index in [0.29, 0.717) is 48.5 Å². The maximum absolute atomic E-state index is 13.8. The Kier molecular flexibility index (Phi) is 4.74. The molecule has 0 aliphatic carbocycles. The zero-order valence-corrected chi connectivity index (χ0v) is 14.8. The summed E-state index contributed by atoms with van der Waals surface area (Å²) >= 11 is 0. The zero-order valence-electron chi connectivity index (χ0n) is 14.8. The van der Waals surface area contributed by atoms with Crippen molar-refractivity contribution in [3.05, 3.63) is 65.7 Å². The van der Waals surface area contributed by atoms with E-state index in [1.54, 1.807) is 24.3 Å². The van der Waals surface area contributed by atoms with Crippen molar-refractivity contribution in [1.29, 1.82) is 0 Å². The molecule has 1 aliphatic rings. The van der Waals surface area contributed by atoms with Gasteiger partial charge in [-0.1, -0.05) is 18.2 Å². The summed E-state index contributed by atoms with van der Waals surface area (Å²) in [4.78, 5) is 8.77. The summed E-state index contributed by atoms with van der Waals surface area (Å²) in [5.74, 6) is 3.05. The van der Waals surface area contributed by atoms with E-state index in [-0.39, 0.29) is 5.82 Å². The first kappa shape index (κ1) is 17.1. The van der Waals surface area contributed by atoms with Crippen LogP contribution in [0.5, 0.6) is 11.5 Å². The number of fused-ring (bicyclic) bond motifs is 1. The van der Waals surface area contributed by atoms with E-state index in [1.807, 2.05) is 25.1 Å². The third-order valence-electron chi connectivity index (χ3n) is 4.07. The van der Waals surface area contributed by atoms with Gasteiger partial charge >= 0.3 is 0 Å². The number of rotatable bonds is 5. The summed E-state index contributed by atoms with van der Waals surface area (Å²) in [5.41, 5.74) is 1.41. The summed E-state index contributed by atoms with van der Waals surface area (Å²) in [6.45, 7) is 3.24. The minimum absolute atomic E-state index is 0.245. The van der Waals surface area contributed by atoms with Gasteiger partial charge in [-0.25, -0.2) is 14.4 Å². The normalized spacial score (nSPS) is 12.5. The molecule has 1 aliphatic heterocycles. The number of halogens is 1. The molecule has 0 saturated heterocycles. The quantitative estimate of drug-likeness (QED) is 0.710. The fourth-order valence-corrected chi connectivity index (χ4v) is 2.82. The molecule has 0 bridgehead atoms. The van der Waals surface area contributed by atoms with Crippen LogP contribution in [-0.4, -0.2) is 23.2 Å². The SMILES string of the molecule is Cc1nc(NCc2ccccc2F)cc(Nc2ccc3c(c2)OCCO3)n1. The lowest BCUT2D eigenvalue weighted by Crippen LogP contribution is -2.15. The number of nitrogens with one attached hydrogen (secondary N) is 2. The van der Waals surface area contributed by atoms with Gasteiger partial charge in [0, 0.05) is 29.9 Å². The number of nitrogens with zero attached hydrogens (tertiary/aromatic N) is 2. The average Bonchev–Trinajstić information content (AvgIpc) is 2.67. The Morgan fingerprint density at radius 1 is 0.963 bits per heavy atom. The lowest BCUT2D eigenvalue weighted by molar-refractivity contribution is 0.171. The lowest BCUT2D eigenvalue weighted by atomic mass is 10.2. The summed E-state index contributed by atoms with van der Waals surface area (Å²) < 4.78 is 24.9. The van der Waals surface area contributed by atoms with E-state index in [2.05, 4.69) is 20.6 Å². The van der Waals surface area contributed by atoms with E-state index in [0.717, 1.165) is 11.4 Å².